The Bertz CT molecular complexity index is 856. The first-order chi connectivity index (χ1) is 11.9. The van der Waals surface area contributed by atoms with Crippen LogP contribution in [-0.2, 0) is 11.3 Å². The minimum atomic E-state index is -0.629. The summed E-state index contributed by atoms with van der Waals surface area (Å²) in [5.41, 5.74) is 1.01. The van der Waals surface area contributed by atoms with Crippen molar-refractivity contribution in [3.05, 3.63) is 63.9 Å². The molecule has 1 saturated heterocycles. The predicted molar refractivity (Wildman–Crippen MR) is 92.4 cm³/mol. The molecule has 0 aromatic heterocycles. The van der Waals surface area contributed by atoms with Crippen LogP contribution in [-0.4, -0.2) is 29.3 Å². The molecule has 1 heterocycles. The largest absolute Gasteiger partial charge is 0.329 e. The molecule has 6 nitrogen and oxygen atoms in total. The second-order valence-corrected chi connectivity index (χ2v) is 6.33. The molecule has 0 atom stereocenters. The van der Waals surface area contributed by atoms with Gasteiger partial charge in [-0.15, -0.1) is 0 Å². The Morgan fingerprint density at radius 2 is 2.04 bits per heavy atom. The zero-order valence-electron chi connectivity index (χ0n) is 12.9. The number of carbonyl (C=O) groups is 3. The van der Waals surface area contributed by atoms with E-state index in [9.17, 15) is 18.8 Å². The van der Waals surface area contributed by atoms with E-state index in [4.69, 9.17) is 0 Å². The van der Waals surface area contributed by atoms with Gasteiger partial charge in [-0.25, -0.2) is 9.18 Å². The molecule has 128 valence electrons. The number of urea groups is 1. The number of nitrogens with zero attached hydrogens (tertiary/aromatic N) is 1. The molecule has 0 saturated carbocycles. The molecule has 0 aliphatic carbocycles. The monoisotopic (exact) mass is 405 g/mol. The second kappa shape index (κ2) is 7.02. The lowest BCUT2D eigenvalue weighted by atomic mass is 10.1. The summed E-state index contributed by atoms with van der Waals surface area (Å²) in [6.07, 6.45) is 0. The lowest BCUT2D eigenvalue weighted by Gasteiger charge is -2.13. The summed E-state index contributed by atoms with van der Waals surface area (Å²) >= 11 is 3.20. The van der Waals surface area contributed by atoms with E-state index in [1.807, 2.05) is 0 Å². The Hall–Kier alpha value is -2.74. The topological polar surface area (TPSA) is 78.5 Å². The number of hydrogen-bond donors (Lipinski definition) is 2. The molecule has 1 aliphatic rings. The molecule has 0 bridgehead atoms. The molecule has 25 heavy (non-hydrogen) atoms. The van der Waals surface area contributed by atoms with E-state index < -0.39 is 17.8 Å². The number of rotatable bonds is 4. The van der Waals surface area contributed by atoms with Crippen LogP contribution >= 0.6 is 15.9 Å². The number of hydrogen-bond acceptors (Lipinski definition) is 3. The lowest BCUT2D eigenvalue weighted by molar-refractivity contribution is -0.125. The summed E-state index contributed by atoms with van der Waals surface area (Å²) < 4.78 is 14.4. The summed E-state index contributed by atoms with van der Waals surface area (Å²) in [5, 5.41) is 5.05. The van der Waals surface area contributed by atoms with Gasteiger partial charge in [-0.05, 0) is 35.9 Å². The maximum absolute atomic E-state index is 13.8. The molecular formula is C17H13BrFN3O3. The highest BCUT2D eigenvalue weighted by Crippen LogP contribution is 2.19. The van der Waals surface area contributed by atoms with Gasteiger partial charge in [-0.3, -0.25) is 14.5 Å². The molecule has 0 spiro atoms. The van der Waals surface area contributed by atoms with Gasteiger partial charge in [0.1, 0.15) is 5.82 Å². The van der Waals surface area contributed by atoms with Crippen LogP contribution in [0.5, 0.6) is 0 Å². The Kier molecular flexibility index (Phi) is 4.80. The van der Waals surface area contributed by atoms with Crippen molar-refractivity contribution in [2.24, 2.45) is 0 Å². The zero-order chi connectivity index (χ0) is 18.0. The molecule has 1 aliphatic heterocycles. The van der Waals surface area contributed by atoms with Crippen molar-refractivity contribution in [2.45, 2.75) is 6.54 Å². The van der Waals surface area contributed by atoms with Crippen LogP contribution in [0.2, 0.25) is 0 Å². The number of imide groups is 1. The van der Waals surface area contributed by atoms with Gasteiger partial charge in [0.15, 0.2) is 0 Å². The third-order valence-corrected chi connectivity index (χ3v) is 4.13. The van der Waals surface area contributed by atoms with Crippen LogP contribution < -0.4 is 10.6 Å². The molecule has 2 aromatic carbocycles. The van der Waals surface area contributed by atoms with E-state index in [1.165, 1.54) is 18.2 Å². The molecule has 3 rings (SSSR count). The van der Waals surface area contributed by atoms with Crippen molar-refractivity contribution in [2.75, 3.05) is 11.9 Å². The molecule has 8 heteroatoms. The highest BCUT2D eigenvalue weighted by molar-refractivity contribution is 9.10. The molecule has 4 amide bonds. The second-order valence-electron chi connectivity index (χ2n) is 5.42. The van der Waals surface area contributed by atoms with Crippen molar-refractivity contribution in [1.82, 2.24) is 10.2 Å². The summed E-state index contributed by atoms with van der Waals surface area (Å²) in [6.45, 7) is 0.0804. The number of benzene rings is 2. The van der Waals surface area contributed by atoms with E-state index in [0.29, 0.717) is 15.7 Å². The number of halogens is 2. The van der Waals surface area contributed by atoms with Crippen LogP contribution in [0, 0.1) is 5.82 Å². The van der Waals surface area contributed by atoms with Crippen LogP contribution in [0.25, 0.3) is 0 Å². The van der Waals surface area contributed by atoms with Gasteiger partial charge in [0.05, 0.1) is 18.7 Å². The fraction of sp³-hybridized carbons (Fsp3) is 0.118. The van der Waals surface area contributed by atoms with Crippen LogP contribution in [0.3, 0.4) is 0 Å². The number of amides is 4. The average Bonchev–Trinajstić information content (AvgIpc) is 2.89. The van der Waals surface area contributed by atoms with Crippen LogP contribution in [0.15, 0.2) is 46.9 Å². The highest BCUT2D eigenvalue weighted by atomic mass is 79.9. The maximum Gasteiger partial charge on any atom is 0.324 e. The van der Waals surface area contributed by atoms with Crippen molar-refractivity contribution < 1.29 is 18.8 Å². The average molecular weight is 406 g/mol. The maximum atomic E-state index is 13.8. The normalized spacial score (nSPS) is 13.8. The van der Waals surface area contributed by atoms with Gasteiger partial charge in [-0.2, -0.15) is 0 Å². The summed E-state index contributed by atoms with van der Waals surface area (Å²) in [4.78, 5) is 36.6. The lowest BCUT2D eigenvalue weighted by Crippen LogP contribution is -2.30. The van der Waals surface area contributed by atoms with Gasteiger partial charge in [0.2, 0.25) is 5.91 Å². The van der Waals surface area contributed by atoms with Crippen molar-refractivity contribution >= 4 is 39.5 Å². The SMILES string of the molecule is O=C(Nc1cccc(CN2C(=O)CNC2=O)c1)c1cc(Br)ccc1F. The molecule has 0 radical (unpaired) electrons. The summed E-state index contributed by atoms with van der Waals surface area (Å²) in [6, 6.07) is 10.3. The third-order valence-electron chi connectivity index (χ3n) is 3.64. The van der Waals surface area contributed by atoms with Crippen molar-refractivity contribution in [3.8, 4) is 0 Å². The Balaban J connectivity index is 1.75. The Morgan fingerprint density at radius 3 is 2.76 bits per heavy atom. The first-order valence-corrected chi connectivity index (χ1v) is 8.17. The fourth-order valence-electron chi connectivity index (χ4n) is 2.42. The number of carbonyl (C=O) groups excluding carboxylic acids is 3. The molecule has 0 unspecified atom stereocenters. The van der Waals surface area contributed by atoms with E-state index in [-0.39, 0.29) is 24.6 Å². The van der Waals surface area contributed by atoms with Gasteiger partial charge in [0.25, 0.3) is 5.91 Å². The third kappa shape index (κ3) is 3.85. The van der Waals surface area contributed by atoms with Gasteiger partial charge in [0, 0.05) is 10.2 Å². The Labute approximate surface area is 151 Å². The minimum Gasteiger partial charge on any atom is -0.329 e. The van der Waals surface area contributed by atoms with Crippen LogP contribution in [0.1, 0.15) is 15.9 Å². The zero-order valence-corrected chi connectivity index (χ0v) is 14.5. The van der Waals surface area contributed by atoms with Gasteiger partial charge < -0.3 is 10.6 Å². The molecular weight excluding hydrogens is 393 g/mol. The summed E-state index contributed by atoms with van der Waals surface area (Å²) in [7, 11) is 0. The first kappa shape index (κ1) is 17.1. The minimum absolute atomic E-state index is 0.0164. The number of nitrogens with one attached hydrogen (secondary N) is 2. The molecule has 1 fully saturated rings. The Morgan fingerprint density at radius 1 is 1.24 bits per heavy atom. The van der Waals surface area contributed by atoms with E-state index in [1.54, 1.807) is 24.3 Å². The molecule has 2 aromatic rings. The smallest absolute Gasteiger partial charge is 0.324 e. The predicted octanol–water partition coefficient (Wildman–Crippen LogP) is 2.89. The standard InChI is InChI=1S/C17H13BrFN3O3/c18-11-4-5-14(19)13(7-11)16(24)21-12-3-1-2-10(6-12)9-22-15(23)8-20-17(22)25/h1-7H,8-9H2,(H,20,25)(H,21,24). The first-order valence-electron chi connectivity index (χ1n) is 7.37. The quantitative estimate of drug-likeness (QED) is 0.767. The van der Waals surface area contributed by atoms with E-state index in [0.717, 1.165) is 4.90 Å². The van der Waals surface area contributed by atoms with Crippen LogP contribution in [0.4, 0.5) is 14.9 Å². The van der Waals surface area contributed by atoms with Gasteiger partial charge in [-0.1, -0.05) is 28.1 Å². The van der Waals surface area contributed by atoms with E-state index in [2.05, 4.69) is 26.6 Å². The van der Waals surface area contributed by atoms with Crippen molar-refractivity contribution in [1.29, 1.82) is 0 Å². The summed E-state index contributed by atoms with van der Waals surface area (Å²) in [5.74, 6) is -1.53. The number of anilines is 1. The van der Waals surface area contributed by atoms with E-state index >= 15 is 0 Å². The highest BCUT2D eigenvalue weighted by Gasteiger charge is 2.28. The van der Waals surface area contributed by atoms with Crippen molar-refractivity contribution in [3.63, 3.8) is 0 Å². The molecule has 2 N–H and O–H groups in total. The van der Waals surface area contributed by atoms with Gasteiger partial charge >= 0.3 is 6.03 Å². The fourth-order valence-corrected chi connectivity index (χ4v) is 2.78.